The minimum absolute atomic E-state index is 0.104. The van der Waals surface area contributed by atoms with Crippen LogP contribution in [0.25, 0.3) is 17.0 Å². The van der Waals surface area contributed by atoms with Crippen molar-refractivity contribution < 1.29 is 8.42 Å². The molecule has 146 valence electrons. The Morgan fingerprint density at radius 1 is 1.14 bits per heavy atom. The molecule has 28 heavy (non-hydrogen) atoms. The first-order chi connectivity index (χ1) is 13.5. The van der Waals surface area contributed by atoms with Crippen molar-refractivity contribution in [2.75, 3.05) is 18.8 Å². The van der Waals surface area contributed by atoms with Crippen molar-refractivity contribution in [2.45, 2.75) is 23.9 Å². The Kier molecular flexibility index (Phi) is 5.53. The first-order valence-corrected chi connectivity index (χ1v) is 11.4. The number of nitrogens with zero attached hydrogens (tertiary/aromatic N) is 2. The number of hydrogen-bond acceptors (Lipinski definition) is 4. The van der Waals surface area contributed by atoms with E-state index in [9.17, 15) is 8.42 Å². The van der Waals surface area contributed by atoms with E-state index in [0.717, 1.165) is 37.0 Å². The summed E-state index contributed by atoms with van der Waals surface area (Å²) in [5, 5.41) is 9.39. The highest BCUT2D eigenvalue weighted by molar-refractivity contribution is 7.91. The molecule has 2 heterocycles. The molecule has 0 aliphatic carbocycles. The Morgan fingerprint density at radius 3 is 2.71 bits per heavy atom. The number of aromatic nitrogens is 2. The standard InChI is InChI=1S/C21H22ClN3O2S/c22-17-7-3-5-16(15-17)6-4-14-28(26,27)21-19-8-1-2-9-20(19)25(24-21)18-10-12-23-13-11-18/h1-9,15,18,23H,10-14H2. The molecule has 0 spiro atoms. The molecular weight excluding hydrogens is 394 g/mol. The Balaban J connectivity index is 1.65. The zero-order valence-corrected chi connectivity index (χ0v) is 17.0. The molecule has 0 unspecified atom stereocenters. The van der Waals surface area contributed by atoms with Crippen LogP contribution in [-0.4, -0.2) is 37.0 Å². The van der Waals surface area contributed by atoms with Gasteiger partial charge >= 0.3 is 0 Å². The lowest BCUT2D eigenvalue weighted by Crippen LogP contribution is -2.30. The third kappa shape index (κ3) is 3.99. The van der Waals surface area contributed by atoms with Crippen LogP contribution < -0.4 is 5.32 Å². The van der Waals surface area contributed by atoms with Gasteiger partial charge in [0.15, 0.2) is 5.03 Å². The molecule has 3 aromatic rings. The van der Waals surface area contributed by atoms with Gasteiger partial charge in [-0.25, -0.2) is 8.42 Å². The Labute approximate surface area is 169 Å². The molecule has 0 bridgehead atoms. The minimum Gasteiger partial charge on any atom is -0.317 e. The van der Waals surface area contributed by atoms with E-state index < -0.39 is 9.84 Å². The van der Waals surface area contributed by atoms with E-state index in [1.54, 1.807) is 24.3 Å². The van der Waals surface area contributed by atoms with Crippen LogP contribution in [0.2, 0.25) is 5.02 Å². The summed E-state index contributed by atoms with van der Waals surface area (Å²) in [7, 11) is -3.55. The molecule has 1 N–H and O–H groups in total. The molecule has 4 rings (SSSR count). The first kappa shape index (κ1) is 19.2. The smallest absolute Gasteiger partial charge is 0.201 e. The molecule has 1 saturated heterocycles. The molecule has 1 fully saturated rings. The van der Waals surface area contributed by atoms with Crippen LogP contribution in [0.5, 0.6) is 0 Å². The molecule has 1 aliphatic heterocycles. The average molecular weight is 416 g/mol. The zero-order valence-electron chi connectivity index (χ0n) is 15.4. The van der Waals surface area contributed by atoms with Crippen LogP contribution in [0, 0.1) is 0 Å². The molecule has 0 atom stereocenters. The maximum atomic E-state index is 13.0. The highest BCUT2D eigenvalue weighted by atomic mass is 35.5. The number of nitrogens with one attached hydrogen (secondary N) is 1. The molecular formula is C21H22ClN3O2S. The van der Waals surface area contributed by atoms with E-state index in [1.165, 1.54) is 0 Å². The Bertz CT molecular complexity index is 1120. The lowest BCUT2D eigenvalue weighted by molar-refractivity contribution is 0.347. The second kappa shape index (κ2) is 8.07. The topological polar surface area (TPSA) is 64.0 Å². The largest absolute Gasteiger partial charge is 0.317 e. The van der Waals surface area contributed by atoms with Crippen molar-refractivity contribution in [3.8, 4) is 0 Å². The van der Waals surface area contributed by atoms with E-state index >= 15 is 0 Å². The molecule has 5 nitrogen and oxygen atoms in total. The van der Waals surface area contributed by atoms with Gasteiger partial charge in [-0.2, -0.15) is 5.10 Å². The van der Waals surface area contributed by atoms with E-state index in [1.807, 2.05) is 41.1 Å². The van der Waals surface area contributed by atoms with Crippen LogP contribution in [0.15, 0.2) is 59.6 Å². The van der Waals surface area contributed by atoms with E-state index in [-0.39, 0.29) is 16.8 Å². The highest BCUT2D eigenvalue weighted by Gasteiger charge is 2.25. The fourth-order valence-electron chi connectivity index (χ4n) is 3.62. The molecule has 0 saturated carbocycles. The maximum Gasteiger partial charge on any atom is 0.201 e. The number of sulfone groups is 1. The van der Waals surface area contributed by atoms with E-state index in [0.29, 0.717) is 10.4 Å². The number of para-hydroxylation sites is 1. The van der Waals surface area contributed by atoms with Crippen molar-refractivity contribution in [1.29, 1.82) is 0 Å². The predicted molar refractivity (Wildman–Crippen MR) is 113 cm³/mol. The summed E-state index contributed by atoms with van der Waals surface area (Å²) < 4.78 is 28.0. The van der Waals surface area contributed by atoms with Gasteiger partial charge in [-0.15, -0.1) is 0 Å². The number of rotatable bonds is 5. The van der Waals surface area contributed by atoms with Crippen molar-refractivity contribution >= 4 is 38.4 Å². The summed E-state index contributed by atoms with van der Waals surface area (Å²) in [4.78, 5) is 0. The summed E-state index contributed by atoms with van der Waals surface area (Å²) >= 11 is 5.98. The summed E-state index contributed by atoms with van der Waals surface area (Å²) in [6.45, 7) is 1.84. The molecule has 1 aliphatic rings. The van der Waals surface area contributed by atoms with Gasteiger partial charge in [0.2, 0.25) is 9.84 Å². The normalized spacial score (nSPS) is 16.2. The number of halogens is 1. The zero-order chi connectivity index (χ0) is 19.6. The van der Waals surface area contributed by atoms with Crippen LogP contribution in [0.4, 0.5) is 0 Å². The van der Waals surface area contributed by atoms with Gasteiger partial charge in [0.1, 0.15) is 0 Å². The highest BCUT2D eigenvalue weighted by Crippen LogP contribution is 2.29. The van der Waals surface area contributed by atoms with Gasteiger partial charge in [0.05, 0.1) is 17.3 Å². The lowest BCUT2D eigenvalue weighted by Gasteiger charge is -2.23. The molecule has 0 radical (unpaired) electrons. The summed E-state index contributed by atoms with van der Waals surface area (Å²) in [6.07, 6.45) is 5.31. The Morgan fingerprint density at radius 2 is 1.93 bits per heavy atom. The quantitative estimate of drug-likeness (QED) is 0.681. The van der Waals surface area contributed by atoms with Crippen molar-refractivity contribution in [3.05, 3.63) is 65.2 Å². The number of hydrogen-bond donors (Lipinski definition) is 1. The monoisotopic (exact) mass is 415 g/mol. The molecule has 7 heteroatoms. The maximum absolute atomic E-state index is 13.0. The fraction of sp³-hybridized carbons (Fsp3) is 0.286. The van der Waals surface area contributed by atoms with Crippen LogP contribution in [0.1, 0.15) is 24.4 Å². The molecule has 2 aromatic carbocycles. The summed E-state index contributed by atoms with van der Waals surface area (Å²) in [5.41, 5.74) is 1.75. The number of fused-ring (bicyclic) bond motifs is 1. The average Bonchev–Trinajstić information content (AvgIpc) is 3.09. The first-order valence-electron chi connectivity index (χ1n) is 9.37. The van der Waals surface area contributed by atoms with Gasteiger partial charge in [-0.05, 0) is 55.8 Å². The molecule has 0 amide bonds. The van der Waals surface area contributed by atoms with Gasteiger partial charge < -0.3 is 5.32 Å². The third-order valence-electron chi connectivity index (χ3n) is 5.00. The third-order valence-corrected chi connectivity index (χ3v) is 6.76. The predicted octanol–water partition coefficient (Wildman–Crippen LogP) is 4.10. The van der Waals surface area contributed by atoms with Gasteiger partial charge in [0, 0.05) is 10.4 Å². The van der Waals surface area contributed by atoms with Gasteiger partial charge in [-0.1, -0.05) is 48.0 Å². The van der Waals surface area contributed by atoms with Crippen molar-refractivity contribution in [3.63, 3.8) is 0 Å². The van der Waals surface area contributed by atoms with E-state index in [2.05, 4.69) is 10.4 Å². The molecule has 1 aromatic heterocycles. The van der Waals surface area contributed by atoms with Crippen LogP contribution in [0.3, 0.4) is 0 Å². The summed E-state index contributed by atoms with van der Waals surface area (Å²) in [5.74, 6) is -0.104. The fourth-order valence-corrected chi connectivity index (χ4v) is 5.05. The SMILES string of the molecule is O=S(=O)(CC=Cc1cccc(Cl)c1)c1nn(C2CCNCC2)c2ccccc12. The van der Waals surface area contributed by atoms with Gasteiger partial charge in [0.25, 0.3) is 0 Å². The number of benzene rings is 2. The summed E-state index contributed by atoms with van der Waals surface area (Å²) in [6, 6.07) is 15.1. The minimum atomic E-state index is -3.55. The Hall–Kier alpha value is -2.15. The van der Waals surface area contributed by atoms with Crippen LogP contribution in [-0.2, 0) is 9.84 Å². The second-order valence-corrected chi connectivity index (χ2v) is 9.37. The lowest BCUT2D eigenvalue weighted by atomic mass is 10.1. The second-order valence-electron chi connectivity index (χ2n) is 6.99. The van der Waals surface area contributed by atoms with E-state index in [4.69, 9.17) is 11.6 Å². The van der Waals surface area contributed by atoms with Crippen LogP contribution >= 0.6 is 11.6 Å². The number of piperidine rings is 1. The van der Waals surface area contributed by atoms with Crippen molar-refractivity contribution in [1.82, 2.24) is 15.1 Å². The van der Waals surface area contributed by atoms with Gasteiger partial charge in [-0.3, -0.25) is 4.68 Å². The van der Waals surface area contributed by atoms with Crippen molar-refractivity contribution in [2.24, 2.45) is 0 Å².